The minimum Gasteiger partial charge on any atom is -0.489 e. The van der Waals surface area contributed by atoms with Gasteiger partial charge in [0.05, 0.1) is 11.8 Å². The number of amides is 1. The molecule has 1 rings (SSSR count). The lowest BCUT2D eigenvalue weighted by Gasteiger charge is -2.24. The van der Waals surface area contributed by atoms with Crippen molar-refractivity contribution in [2.75, 3.05) is 11.9 Å². The highest BCUT2D eigenvalue weighted by molar-refractivity contribution is 5.96. The number of nitrogens with one attached hydrogen (secondary N) is 1. The van der Waals surface area contributed by atoms with E-state index in [0.29, 0.717) is 24.4 Å². The topological polar surface area (TPSA) is 64.3 Å². The maximum Gasteiger partial charge on any atom is 0.230 e. The second kappa shape index (κ2) is 6.57. The lowest BCUT2D eigenvalue weighted by molar-refractivity contribution is -0.124. The molecule has 19 heavy (non-hydrogen) atoms. The summed E-state index contributed by atoms with van der Waals surface area (Å²) in [6.07, 6.45) is 0.710. The van der Waals surface area contributed by atoms with Gasteiger partial charge in [-0.25, -0.2) is 0 Å². The van der Waals surface area contributed by atoms with Crippen LogP contribution in [0.4, 0.5) is 5.69 Å². The van der Waals surface area contributed by atoms with E-state index in [2.05, 4.69) is 5.32 Å². The maximum atomic E-state index is 12.2. The smallest absolute Gasteiger partial charge is 0.230 e. The van der Waals surface area contributed by atoms with Crippen molar-refractivity contribution in [3.63, 3.8) is 0 Å². The fourth-order valence-corrected chi connectivity index (χ4v) is 1.69. The number of carbonyl (C=O) groups is 1. The Balaban J connectivity index is 2.84. The van der Waals surface area contributed by atoms with Crippen LogP contribution in [0.5, 0.6) is 5.75 Å². The van der Waals surface area contributed by atoms with Gasteiger partial charge in [0.1, 0.15) is 5.75 Å². The minimum atomic E-state index is -0.486. The molecule has 0 heterocycles. The fourth-order valence-electron chi connectivity index (χ4n) is 1.69. The predicted octanol–water partition coefficient (Wildman–Crippen LogP) is 2.79. The first-order chi connectivity index (χ1) is 8.86. The van der Waals surface area contributed by atoms with E-state index in [1.165, 1.54) is 0 Å². The van der Waals surface area contributed by atoms with Crippen molar-refractivity contribution in [2.45, 2.75) is 40.2 Å². The number of rotatable bonds is 6. The summed E-state index contributed by atoms with van der Waals surface area (Å²) in [6.45, 7) is 8.18. The molecule has 106 valence electrons. The van der Waals surface area contributed by atoms with Crippen LogP contribution in [0.1, 0.15) is 34.1 Å². The Morgan fingerprint density at radius 1 is 1.37 bits per heavy atom. The van der Waals surface area contributed by atoms with Gasteiger partial charge in [-0.2, -0.15) is 0 Å². The highest BCUT2D eigenvalue weighted by atomic mass is 16.5. The zero-order valence-corrected chi connectivity index (χ0v) is 12.2. The highest BCUT2D eigenvalue weighted by Crippen LogP contribution is 2.28. The van der Waals surface area contributed by atoms with E-state index in [-0.39, 0.29) is 12.0 Å². The molecule has 4 nitrogen and oxygen atoms in total. The maximum absolute atomic E-state index is 12.2. The zero-order chi connectivity index (χ0) is 14.5. The van der Waals surface area contributed by atoms with Crippen LogP contribution >= 0.6 is 0 Å². The Hall–Kier alpha value is -1.55. The summed E-state index contributed by atoms with van der Waals surface area (Å²) in [5.74, 6) is 0.646. The Morgan fingerprint density at radius 2 is 2.00 bits per heavy atom. The number of carbonyl (C=O) groups excluding carboxylic acids is 1. The predicted molar refractivity (Wildman–Crippen MR) is 78.3 cm³/mol. The molecular weight excluding hydrogens is 240 g/mol. The third-order valence-corrected chi connectivity index (χ3v) is 2.88. The molecule has 0 aliphatic heterocycles. The van der Waals surface area contributed by atoms with Crippen molar-refractivity contribution in [3.05, 3.63) is 24.3 Å². The Bertz CT molecular complexity index is 428. The molecule has 3 N–H and O–H groups in total. The van der Waals surface area contributed by atoms with E-state index >= 15 is 0 Å². The summed E-state index contributed by atoms with van der Waals surface area (Å²) in [5.41, 5.74) is 5.75. The number of ether oxygens (including phenoxy) is 1. The van der Waals surface area contributed by atoms with E-state index in [0.717, 1.165) is 0 Å². The van der Waals surface area contributed by atoms with Gasteiger partial charge in [-0.1, -0.05) is 26.0 Å². The van der Waals surface area contributed by atoms with Crippen LogP contribution in [0, 0.1) is 5.41 Å². The number of hydrogen-bond donors (Lipinski definition) is 2. The lowest BCUT2D eigenvalue weighted by atomic mass is 9.88. The van der Waals surface area contributed by atoms with Gasteiger partial charge in [0, 0.05) is 5.41 Å². The van der Waals surface area contributed by atoms with Gasteiger partial charge >= 0.3 is 0 Å². The first kappa shape index (κ1) is 15.5. The van der Waals surface area contributed by atoms with Crippen LogP contribution in [0.25, 0.3) is 0 Å². The fraction of sp³-hybridized carbons (Fsp3) is 0.533. The summed E-state index contributed by atoms with van der Waals surface area (Å²) in [4.78, 5) is 12.2. The summed E-state index contributed by atoms with van der Waals surface area (Å²) < 4.78 is 5.68. The Kier molecular flexibility index (Phi) is 5.36. The zero-order valence-electron chi connectivity index (χ0n) is 12.2. The standard InChI is InChI=1S/C15H24N2O2/c1-11(2)19-13-8-6-5-7-12(13)17-14(18)15(3,4)9-10-16/h5-8,11H,9-10,16H2,1-4H3,(H,17,18). The molecular formula is C15H24N2O2. The van der Waals surface area contributed by atoms with E-state index in [1.54, 1.807) is 0 Å². The van der Waals surface area contributed by atoms with Crippen molar-refractivity contribution in [1.29, 1.82) is 0 Å². The summed E-state index contributed by atoms with van der Waals surface area (Å²) >= 11 is 0. The first-order valence-electron chi connectivity index (χ1n) is 6.64. The molecule has 1 aromatic rings. The average molecular weight is 264 g/mol. The normalized spacial score (nSPS) is 11.5. The van der Waals surface area contributed by atoms with Gasteiger partial charge in [-0.05, 0) is 38.9 Å². The second-order valence-corrected chi connectivity index (χ2v) is 5.54. The SMILES string of the molecule is CC(C)Oc1ccccc1NC(=O)C(C)(C)CCN. The summed E-state index contributed by atoms with van der Waals surface area (Å²) in [5, 5.41) is 2.92. The van der Waals surface area contributed by atoms with E-state index in [1.807, 2.05) is 52.0 Å². The number of hydrogen-bond acceptors (Lipinski definition) is 3. The minimum absolute atomic E-state index is 0.0437. The molecule has 0 saturated carbocycles. The van der Waals surface area contributed by atoms with Crippen molar-refractivity contribution >= 4 is 11.6 Å². The Morgan fingerprint density at radius 3 is 2.58 bits per heavy atom. The third-order valence-electron chi connectivity index (χ3n) is 2.88. The number of nitrogens with two attached hydrogens (primary N) is 1. The largest absolute Gasteiger partial charge is 0.489 e. The van der Waals surface area contributed by atoms with Gasteiger partial charge in [0.2, 0.25) is 5.91 Å². The molecule has 0 saturated heterocycles. The van der Waals surface area contributed by atoms with E-state index < -0.39 is 5.41 Å². The number of anilines is 1. The average Bonchev–Trinajstić information content (AvgIpc) is 2.30. The third kappa shape index (κ3) is 4.56. The van der Waals surface area contributed by atoms with Gasteiger partial charge in [0.15, 0.2) is 0 Å². The Labute approximate surface area is 115 Å². The molecule has 0 aliphatic rings. The molecule has 0 unspecified atom stereocenters. The molecule has 0 aliphatic carbocycles. The number of benzene rings is 1. The van der Waals surface area contributed by atoms with Crippen molar-refractivity contribution in [1.82, 2.24) is 0 Å². The van der Waals surface area contributed by atoms with Crippen LogP contribution in [0.3, 0.4) is 0 Å². The highest BCUT2D eigenvalue weighted by Gasteiger charge is 2.27. The van der Waals surface area contributed by atoms with Gasteiger partial charge < -0.3 is 15.8 Å². The molecule has 0 fully saturated rings. The van der Waals surface area contributed by atoms with Crippen LogP contribution in [-0.2, 0) is 4.79 Å². The van der Waals surface area contributed by atoms with Crippen LogP contribution in [-0.4, -0.2) is 18.6 Å². The molecule has 1 aromatic carbocycles. The van der Waals surface area contributed by atoms with Gasteiger partial charge in [-0.15, -0.1) is 0 Å². The molecule has 0 spiro atoms. The monoisotopic (exact) mass is 264 g/mol. The molecule has 0 aromatic heterocycles. The summed E-state index contributed by atoms with van der Waals surface area (Å²) in [7, 11) is 0. The molecule has 1 amide bonds. The van der Waals surface area contributed by atoms with Crippen molar-refractivity contribution in [3.8, 4) is 5.75 Å². The molecule has 4 heteroatoms. The van der Waals surface area contributed by atoms with E-state index in [4.69, 9.17) is 10.5 Å². The summed E-state index contributed by atoms with van der Waals surface area (Å²) in [6, 6.07) is 7.46. The van der Waals surface area contributed by atoms with Crippen LogP contribution in [0.2, 0.25) is 0 Å². The van der Waals surface area contributed by atoms with Crippen molar-refractivity contribution < 1.29 is 9.53 Å². The van der Waals surface area contributed by atoms with E-state index in [9.17, 15) is 4.79 Å². The molecule has 0 atom stereocenters. The first-order valence-corrected chi connectivity index (χ1v) is 6.64. The van der Waals surface area contributed by atoms with Crippen LogP contribution < -0.4 is 15.8 Å². The van der Waals surface area contributed by atoms with Gasteiger partial charge in [-0.3, -0.25) is 4.79 Å². The van der Waals surface area contributed by atoms with Crippen molar-refractivity contribution in [2.24, 2.45) is 11.1 Å². The molecule has 0 bridgehead atoms. The number of para-hydroxylation sites is 2. The molecule has 0 radical (unpaired) electrons. The second-order valence-electron chi connectivity index (χ2n) is 5.54. The quantitative estimate of drug-likeness (QED) is 0.830. The lowest BCUT2D eigenvalue weighted by Crippen LogP contribution is -2.33. The van der Waals surface area contributed by atoms with Crippen LogP contribution in [0.15, 0.2) is 24.3 Å². The van der Waals surface area contributed by atoms with Gasteiger partial charge in [0.25, 0.3) is 0 Å².